The van der Waals surface area contributed by atoms with Crippen molar-refractivity contribution in [2.75, 3.05) is 5.73 Å². The third-order valence-corrected chi connectivity index (χ3v) is 5.40. The number of nitrogen functional groups attached to an aromatic ring is 1. The van der Waals surface area contributed by atoms with E-state index in [2.05, 4.69) is 0 Å². The molecule has 2 aromatic carbocycles. The van der Waals surface area contributed by atoms with Crippen molar-refractivity contribution in [1.29, 1.82) is 0 Å². The van der Waals surface area contributed by atoms with Gasteiger partial charge in [0.05, 0.1) is 9.79 Å². The van der Waals surface area contributed by atoms with Gasteiger partial charge in [-0.25, -0.2) is 0 Å². The Bertz CT molecular complexity index is 1140. The van der Waals surface area contributed by atoms with Crippen LogP contribution in [0, 0.1) is 0 Å². The van der Waals surface area contributed by atoms with Crippen LogP contribution < -0.4 is 5.73 Å². The molecule has 16 heteroatoms. The van der Waals surface area contributed by atoms with Crippen molar-refractivity contribution < 1.29 is 38.9 Å². The van der Waals surface area contributed by atoms with Crippen LogP contribution in [0.2, 0.25) is 0 Å². The number of hydrogen-bond donors (Lipinski definition) is 4. The maximum atomic E-state index is 11.4. The first-order valence-electron chi connectivity index (χ1n) is 5.51. The van der Waals surface area contributed by atoms with Gasteiger partial charge in [-0.15, -0.1) is 0 Å². The molecule has 0 aromatic heterocycles. The van der Waals surface area contributed by atoms with Crippen LogP contribution in [0.15, 0.2) is 39.0 Å². The van der Waals surface area contributed by atoms with Crippen LogP contribution in [-0.2, 0) is 30.4 Å². The van der Waals surface area contributed by atoms with Gasteiger partial charge in [0.2, 0.25) is 0 Å². The van der Waals surface area contributed by atoms with E-state index >= 15 is 0 Å². The Balaban J connectivity index is 0. The first-order valence-corrected chi connectivity index (χ1v) is 9.83. The zero-order valence-electron chi connectivity index (χ0n) is 13.9. The normalized spacial score (nSPS) is 11.8. The molecule has 0 amide bonds. The van der Waals surface area contributed by atoms with E-state index in [0.29, 0.717) is 6.07 Å². The van der Waals surface area contributed by atoms with E-state index in [-0.39, 0.29) is 99.4 Å². The molecular formula is C10H9NNa3O9S3. The first-order chi connectivity index (χ1) is 10.2. The molecule has 0 spiro atoms. The average molecular weight is 452 g/mol. The van der Waals surface area contributed by atoms with E-state index in [1.807, 2.05) is 0 Å². The van der Waals surface area contributed by atoms with Crippen LogP contribution in [-0.4, -0.2) is 128 Å². The van der Waals surface area contributed by atoms with Crippen LogP contribution in [0.5, 0.6) is 0 Å². The number of nitrogens with two attached hydrogens (primary N) is 1. The molecule has 2 aromatic rings. The summed E-state index contributed by atoms with van der Waals surface area (Å²) in [7, 11) is -14.5. The Labute approximate surface area is 216 Å². The molecular weight excluding hydrogens is 443 g/mol. The monoisotopic (exact) mass is 452 g/mol. The van der Waals surface area contributed by atoms with Crippen molar-refractivity contribution in [3.8, 4) is 0 Å². The van der Waals surface area contributed by atoms with Gasteiger partial charge in [-0.05, 0) is 29.7 Å². The van der Waals surface area contributed by atoms with Crippen LogP contribution >= 0.6 is 0 Å². The minimum absolute atomic E-state index is 0. The second-order valence-corrected chi connectivity index (χ2v) is 8.69. The topological polar surface area (TPSA) is 189 Å². The molecule has 0 heterocycles. The van der Waals surface area contributed by atoms with Crippen LogP contribution in [0.3, 0.4) is 0 Å². The summed E-state index contributed by atoms with van der Waals surface area (Å²) in [5.41, 5.74) is 5.09. The zero-order valence-corrected chi connectivity index (χ0v) is 22.4. The second kappa shape index (κ2) is 9.82. The molecule has 0 saturated carbocycles. The molecule has 0 aliphatic carbocycles. The third-order valence-electron chi connectivity index (χ3n) is 2.86. The van der Waals surface area contributed by atoms with Crippen molar-refractivity contribution in [2.45, 2.75) is 14.7 Å². The summed E-state index contributed by atoms with van der Waals surface area (Å²) >= 11 is 0. The minimum atomic E-state index is -4.95. The largest absolute Gasteiger partial charge is 0.398 e. The number of rotatable bonds is 3. The third kappa shape index (κ3) is 6.64. The van der Waals surface area contributed by atoms with Crippen molar-refractivity contribution in [2.24, 2.45) is 0 Å². The van der Waals surface area contributed by atoms with E-state index in [9.17, 15) is 29.8 Å². The van der Waals surface area contributed by atoms with Crippen LogP contribution in [0.4, 0.5) is 5.69 Å². The average Bonchev–Trinajstić information content (AvgIpc) is 2.33. The van der Waals surface area contributed by atoms with Gasteiger partial charge in [-0.2, -0.15) is 25.3 Å². The van der Waals surface area contributed by atoms with Gasteiger partial charge in [0.25, 0.3) is 30.4 Å². The Morgan fingerprint density at radius 2 is 1.04 bits per heavy atom. The molecule has 0 aliphatic heterocycles. The van der Waals surface area contributed by atoms with E-state index in [0.717, 1.165) is 18.2 Å². The van der Waals surface area contributed by atoms with E-state index in [1.54, 1.807) is 0 Å². The van der Waals surface area contributed by atoms with Gasteiger partial charge in [-0.3, -0.25) is 13.7 Å². The predicted molar refractivity (Wildman–Crippen MR) is 95.1 cm³/mol. The molecule has 0 unspecified atom stereocenters. The molecule has 2 rings (SSSR count). The maximum Gasteiger partial charge on any atom is 0.295 e. The van der Waals surface area contributed by atoms with Crippen molar-refractivity contribution in [3.63, 3.8) is 0 Å². The number of benzene rings is 2. The number of fused-ring (bicyclic) bond motifs is 1. The first kappa shape index (κ1) is 29.4. The Kier molecular flexibility index (Phi) is 11.1. The number of hydrogen-bond acceptors (Lipinski definition) is 7. The predicted octanol–water partition coefficient (Wildman–Crippen LogP) is -0.980. The Hall–Kier alpha value is 1.23. The SMILES string of the molecule is Nc1cc(S(=O)(=O)O)cc2cc(S(=O)(=O)O)cc(S(=O)(=O)O)c12.[Na].[Na].[Na]. The fourth-order valence-corrected chi connectivity index (χ4v) is 3.89. The Morgan fingerprint density at radius 3 is 1.38 bits per heavy atom. The molecule has 0 bridgehead atoms. The fourth-order valence-electron chi connectivity index (χ4n) is 1.96. The van der Waals surface area contributed by atoms with Crippen LogP contribution in [0.1, 0.15) is 0 Å². The standard InChI is InChI=1S/C10H9NO9S3.3Na/c11-8-3-6(21(12,13)14)1-5-2-7(22(15,16)17)4-9(10(5)8)23(18,19)20;;;/h1-4H,11H2,(H,12,13,14)(H,15,16,17)(H,18,19,20);;;. The summed E-state index contributed by atoms with van der Waals surface area (Å²) in [6, 6.07) is 2.69. The minimum Gasteiger partial charge on any atom is -0.398 e. The van der Waals surface area contributed by atoms with Crippen molar-refractivity contribution >= 4 is 135 Å². The molecule has 0 aliphatic rings. The van der Waals surface area contributed by atoms with Gasteiger partial charge >= 0.3 is 0 Å². The second-order valence-electron chi connectivity index (χ2n) is 4.46. The van der Waals surface area contributed by atoms with Crippen molar-refractivity contribution in [1.82, 2.24) is 0 Å². The zero-order chi connectivity index (χ0) is 17.8. The maximum absolute atomic E-state index is 11.4. The molecule has 0 fully saturated rings. The summed E-state index contributed by atoms with van der Waals surface area (Å²) in [6.07, 6.45) is 0. The van der Waals surface area contributed by atoms with Gasteiger partial charge in [-0.1, -0.05) is 0 Å². The molecule has 3 radical (unpaired) electrons. The quantitative estimate of drug-likeness (QED) is 0.256. The van der Waals surface area contributed by atoms with Gasteiger partial charge in [0.15, 0.2) is 0 Å². The summed E-state index contributed by atoms with van der Waals surface area (Å²) in [6.45, 7) is 0. The summed E-state index contributed by atoms with van der Waals surface area (Å²) in [4.78, 5) is -2.58. The summed E-state index contributed by atoms with van der Waals surface area (Å²) < 4.78 is 94.8. The van der Waals surface area contributed by atoms with Gasteiger partial charge in [0, 0.05) is 99.7 Å². The van der Waals surface area contributed by atoms with E-state index in [4.69, 9.17) is 14.8 Å². The molecule has 26 heavy (non-hydrogen) atoms. The van der Waals surface area contributed by atoms with Gasteiger partial charge in [0.1, 0.15) is 4.90 Å². The molecule has 5 N–H and O–H groups in total. The summed E-state index contributed by atoms with van der Waals surface area (Å²) in [5.74, 6) is 0. The summed E-state index contributed by atoms with van der Waals surface area (Å²) in [5, 5.41) is -0.715. The van der Waals surface area contributed by atoms with Crippen molar-refractivity contribution in [3.05, 3.63) is 24.3 Å². The van der Waals surface area contributed by atoms with E-state index in [1.165, 1.54) is 0 Å². The molecule has 10 nitrogen and oxygen atoms in total. The van der Waals surface area contributed by atoms with E-state index < -0.39 is 50.7 Å². The smallest absolute Gasteiger partial charge is 0.295 e. The fraction of sp³-hybridized carbons (Fsp3) is 0. The number of anilines is 1. The molecule has 0 saturated heterocycles. The Morgan fingerprint density at radius 1 is 0.654 bits per heavy atom. The van der Waals surface area contributed by atoms with Crippen LogP contribution in [0.25, 0.3) is 10.8 Å². The van der Waals surface area contributed by atoms with Gasteiger partial charge < -0.3 is 5.73 Å². The molecule has 0 atom stereocenters. The molecule has 129 valence electrons.